The molecule has 1 N–H and O–H groups in total. The number of quaternary nitrogens is 1. The predicted octanol–water partition coefficient (Wildman–Crippen LogP) is 2.96. The van der Waals surface area contributed by atoms with Crippen LogP contribution >= 0.6 is 12.2 Å². The molecule has 2 saturated carbocycles. The predicted molar refractivity (Wildman–Crippen MR) is 101 cm³/mol. The fourth-order valence-electron chi connectivity index (χ4n) is 3.89. The molecule has 5 heteroatoms. The van der Waals surface area contributed by atoms with E-state index in [1.807, 2.05) is 0 Å². The van der Waals surface area contributed by atoms with Gasteiger partial charge in [0.25, 0.3) is 0 Å². The molecule has 25 heavy (non-hydrogen) atoms. The van der Waals surface area contributed by atoms with Crippen LogP contribution in [-0.2, 0) is 6.67 Å². The highest BCUT2D eigenvalue weighted by atomic mass is 32.1. The molecule has 0 saturated heterocycles. The van der Waals surface area contributed by atoms with Crippen molar-refractivity contribution in [3.8, 4) is 0 Å². The normalized spacial score (nSPS) is 23.5. The van der Waals surface area contributed by atoms with Crippen molar-refractivity contribution in [1.82, 2.24) is 14.3 Å². The Kier molecular flexibility index (Phi) is 3.86. The zero-order chi connectivity index (χ0) is 16.8. The summed E-state index contributed by atoms with van der Waals surface area (Å²) in [5, 5.41) is 4.94. The molecule has 0 bridgehead atoms. The molecule has 2 heterocycles. The molecule has 130 valence electrons. The standard InChI is InChI=1S/C20H24N4S/c25-20-23(21-19(17-6-7-17)24(20)18-8-9-18)14-22-12-10-16(11-13-22)15-4-2-1-3-5-15/h1-5,10,17-18H,6-9,11-14H2/p+1. The Morgan fingerprint density at radius 1 is 1.12 bits per heavy atom. The van der Waals surface area contributed by atoms with Crippen LogP contribution < -0.4 is 4.90 Å². The van der Waals surface area contributed by atoms with Gasteiger partial charge in [-0.15, -0.1) is 0 Å². The number of nitrogens with zero attached hydrogens (tertiary/aromatic N) is 3. The first-order valence-corrected chi connectivity index (χ1v) is 9.97. The molecule has 2 fully saturated rings. The second kappa shape index (κ2) is 6.22. The molecule has 2 aromatic rings. The lowest BCUT2D eigenvalue weighted by Crippen LogP contribution is -3.11. The number of hydrogen-bond acceptors (Lipinski definition) is 2. The van der Waals surface area contributed by atoms with Crippen molar-refractivity contribution in [2.45, 2.75) is 50.7 Å². The Hall–Kier alpha value is -1.72. The molecule has 3 aliphatic rings. The van der Waals surface area contributed by atoms with E-state index in [4.69, 9.17) is 17.3 Å². The molecule has 1 aromatic heterocycles. The van der Waals surface area contributed by atoms with Crippen LogP contribution in [0.1, 0.15) is 55.5 Å². The summed E-state index contributed by atoms with van der Waals surface area (Å²) in [4.78, 5) is 1.55. The highest BCUT2D eigenvalue weighted by Crippen LogP contribution is 2.44. The van der Waals surface area contributed by atoms with Gasteiger partial charge in [-0.2, -0.15) is 9.78 Å². The molecular weight excluding hydrogens is 328 g/mol. The first-order valence-electron chi connectivity index (χ1n) is 9.57. The van der Waals surface area contributed by atoms with E-state index in [1.54, 1.807) is 4.90 Å². The summed E-state index contributed by atoms with van der Waals surface area (Å²) in [5.41, 5.74) is 2.85. The summed E-state index contributed by atoms with van der Waals surface area (Å²) in [6, 6.07) is 11.4. The molecule has 4 nitrogen and oxygen atoms in total. The van der Waals surface area contributed by atoms with Gasteiger partial charge in [-0.1, -0.05) is 30.3 Å². The van der Waals surface area contributed by atoms with E-state index in [0.717, 1.165) is 31.0 Å². The number of rotatable bonds is 5. The van der Waals surface area contributed by atoms with Gasteiger partial charge in [-0.25, -0.2) is 0 Å². The highest BCUT2D eigenvalue weighted by Gasteiger charge is 2.36. The molecule has 1 atom stereocenters. The van der Waals surface area contributed by atoms with Crippen LogP contribution in [0.4, 0.5) is 0 Å². The third-order valence-corrected chi connectivity index (χ3v) is 6.06. The lowest BCUT2D eigenvalue weighted by molar-refractivity contribution is -0.918. The van der Waals surface area contributed by atoms with Gasteiger partial charge in [0.2, 0.25) is 4.77 Å². The van der Waals surface area contributed by atoms with Gasteiger partial charge in [-0.05, 0) is 55.1 Å². The molecule has 0 spiro atoms. The molecule has 2 aliphatic carbocycles. The fraction of sp³-hybridized carbons (Fsp3) is 0.500. The Morgan fingerprint density at radius 3 is 2.56 bits per heavy atom. The van der Waals surface area contributed by atoms with Gasteiger partial charge in [-0.3, -0.25) is 0 Å². The number of hydrogen-bond donors (Lipinski definition) is 1. The molecule has 0 amide bonds. The van der Waals surface area contributed by atoms with Crippen LogP contribution in [0.5, 0.6) is 0 Å². The van der Waals surface area contributed by atoms with Gasteiger partial charge in [0, 0.05) is 18.4 Å². The van der Waals surface area contributed by atoms with E-state index in [1.165, 1.54) is 42.6 Å². The van der Waals surface area contributed by atoms with E-state index in [2.05, 4.69) is 45.7 Å². The molecule has 5 rings (SSSR count). The molecule has 0 radical (unpaired) electrons. The van der Waals surface area contributed by atoms with Gasteiger partial charge < -0.3 is 9.47 Å². The van der Waals surface area contributed by atoms with Crippen molar-refractivity contribution in [1.29, 1.82) is 0 Å². The maximum absolute atomic E-state index is 5.78. The number of nitrogens with one attached hydrogen (secondary N) is 1. The maximum Gasteiger partial charge on any atom is 0.203 e. The summed E-state index contributed by atoms with van der Waals surface area (Å²) in [5.74, 6) is 1.94. The minimum Gasteiger partial charge on any atom is -0.313 e. The van der Waals surface area contributed by atoms with Crippen molar-refractivity contribution in [3.05, 3.63) is 52.6 Å². The van der Waals surface area contributed by atoms with Crippen molar-refractivity contribution < 1.29 is 4.90 Å². The Bertz CT molecular complexity index is 856. The van der Waals surface area contributed by atoms with Crippen LogP contribution in [0.15, 0.2) is 36.4 Å². The molecule has 1 unspecified atom stereocenters. The average Bonchev–Trinajstić information content (AvgIpc) is 3.56. The molecular formula is C20H25N4S+. The zero-order valence-electron chi connectivity index (χ0n) is 14.5. The van der Waals surface area contributed by atoms with Gasteiger partial charge in [0.15, 0.2) is 6.67 Å². The first kappa shape index (κ1) is 15.5. The Morgan fingerprint density at radius 2 is 1.92 bits per heavy atom. The highest BCUT2D eigenvalue weighted by molar-refractivity contribution is 7.71. The summed E-state index contributed by atoms with van der Waals surface area (Å²) < 4.78 is 5.44. The number of benzene rings is 1. The topological polar surface area (TPSA) is 27.2 Å². The number of aromatic nitrogens is 3. The second-order valence-corrected chi connectivity index (χ2v) is 8.09. The lowest BCUT2D eigenvalue weighted by atomic mass is 10.00. The van der Waals surface area contributed by atoms with E-state index in [9.17, 15) is 0 Å². The van der Waals surface area contributed by atoms with E-state index >= 15 is 0 Å². The first-order chi connectivity index (χ1) is 12.3. The summed E-state index contributed by atoms with van der Waals surface area (Å²) in [6.07, 6.45) is 8.67. The summed E-state index contributed by atoms with van der Waals surface area (Å²) in [6.45, 7) is 3.11. The van der Waals surface area contributed by atoms with Gasteiger partial charge in [0.05, 0.1) is 13.1 Å². The monoisotopic (exact) mass is 353 g/mol. The Labute approximate surface area is 153 Å². The quantitative estimate of drug-likeness (QED) is 0.837. The van der Waals surface area contributed by atoms with E-state index in [0.29, 0.717) is 12.0 Å². The Balaban J connectivity index is 1.33. The molecule has 1 aromatic carbocycles. The van der Waals surface area contributed by atoms with Crippen molar-refractivity contribution in [2.75, 3.05) is 13.1 Å². The minimum atomic E-state index is 0.637. The third-order valence-electron chi connectivity index (χ3n) is 5.65. The third kappa shape index (κ3) is 3.11. The van der Waals surface area contributed by atoms with Crippen LogP contribution in [0, 0.1) is 4.77 Å². The minimum absolute atomic E-state index is 0.637. The van der Waals surface area contributed by atoms with E-state index in [-0.39, 0.29) is 0 Å². The largest absolute Gasteiger partial charge is 0.313 e. The maximum atomic E-state index is 5.78. The fourth-order valence-corrected chi connectivity index (χ4v) is 4.24. The van der Waals surface area contributed by atoms with Crippen molar-refractivity contribution in [3.63, 3.8) is 0 Å². The van der Waals surface area contributed by atoms with Crippen molar-refractivity contribution >= 4 is 17.8 Å². The smallest absolute Gasteiger partial charge is 0.203 e. The van der Waals surface area contributed by atoms with Crippen LogP contribution in [0.2, 0.25) is 0 Å². The van der Waals surface area contributed by atoms with Crippen LogP contribution in [0.25, 0.3) is 5.57 Å². The van der Waals surface area contributed by atoms with Crippen LogP contribution in [-0.4, -0.2) is 27.4 Å². The SMILES string of the molecule is S=c1n(C[NH+]2CC=C(c3ccccc3)CC2)nc(C2CC2)n1C1CC1. The average molecular weight is 354 g/mol. The molecule has 1 aliphatic heterocycles. The second-order valence-electron chi connectivity index (χ2n) is 7.72. The van der Waals surface area contributed by atoms with E-state index < -0.39 is 0 Å². The lowest BCUT2D eigenvalue weighted by Gasteiger charge is -2.23. The summed E-state index contributed by atoms with van der Waals surface area (Å²) in [7, 11) is 0. The summed E-state index contributed by atoms with van der Waals surface area (Å²) >= 11 is 5.78. The zero-order valence-corrected chi connectivity index (χ0v) is 15.3. The van der Waals surface area contributed by atoms with Gasteiger partial charge in [0.1, 0.15) is 5.82 Å². The van der Waals surface area contributed by atoms with Gasteiger partial charge >= 0.3 is 0 Å². The van der Waals surface area contributed by atoms with Crippen LogP contribution in [0.3, 0.4) is 0 Å². The van der Waals surface area contributed by atoms with Crippen molar-refractivity contribution in [2.24, 2.45) is 0 Å².